The van der Waals surface area contributed by atoms with Crippen LogP contribution in [0.1, 0.15) is 43.1 Å². The monoisotopic (exact) mass is 276 g/mol. The number of carbonyl (C=O) groups excluding carboxylic acids is 1. The van der Waals surface area contributed by atoms with E-state index in [2.05, 4.69) is 15.2 Å². The maximum absolute atomic E-state index is 11.9. The Kier molecular flexibility index (Phi) is 5.35. The molecule has 1 atom stereocenters. The van der Waals surface area contributed by atoms with E-state index in [1.54, 1.807) is 6.20 Å². The molecule has 5 heteroatoms. The molecule has 2 rings (SSSR count). The van der Waals surface area contributed by atoms with Gasteiger partial charge >= 0.3 is 0 Å². The van der Waals surface area contributed by atoms with Crippen molar-refractivity contribution in [3.63, 3.8) is 0 Å². The SMILES string of the molecule is CCNC(=O)c1cc(N2CCCC2CCCN)ccn1. The molecule has 1 aliphatic rings. The van der Waals surface area contributed by atoms with Gasteiger partial charge in [-0.05, 0) is 51.3 Å². The first-order valence-electron chi connectivity index (χ1n) is 7.47. The summed E-state index contributed by atoms with van der Waals surface area (Å²) in [5.74, 6) is -0.105. The first kappa shape index (κ1) is 14.8. The Morgan fingerprint density at radius 2 is 2.45 bits per heavy atom. The van der Waals surface area contributed by atoms with E-state index in [-0.39, 0.29) is 5.91 Å². The van der Waals surface area contributed by atoms with E-state index in [0.29, 0.717) is 18.3 Å². The summed E-state index contributed by atoms with van der Waals surface area (Å²) in [6, 6.07) is 4.43. The van der Waals surface area contributed by atoms with Crippen LogP contribution in [0.5, 0.6) is 0 Å². The van der Waals surface area contributed by atoms with Crippen LogP contribution < -0.4 is 16.0 Å². The summed E-state index contributed by atoms with van der Waals surface area (Å²) in [6.45, 7) is 4.32. The van der Waals surface area contributed by atoms with Crippen molar-refractivity contribution >= 4 is 11.6 Å². The molecule has 110 valence electrons. The second-order valence-electron chi connectivity index (χ2n) is 5.18. The Labute approximate surface area is 120 Å². The maximum Gasteiger partial charge on any atom is 0.269 e. The largest absolute Gasteiger partial charge is 0.368 e. The number of aromatic nitrogens is 1. The van der Waals surface area contributed by atoms with Crippen LogP contribution in [0.4, 0.5) is 5.69 Å². The van der Waals surface area contributed by atoms with Gasteiger partial charge in [0.25, 0.3) is 5.91 Å². The molecule has 1 aromatic heterocycles. The average molecular weight is 276 g/mol. The molecule has 1 amide bonds. The summed E-state index contributed by atoms with van der Waals surface area (Å²) in [7, 11) is 0. The Balaban J connectivity index is 2.11. The number of nitrogens with zero attached hydrogens (tertiary/aromatic N) is 2. The number of nitrogens with one attached hydrogen (secondary N) is 1. The van der Waals surface area contributed by atoms with Gasteiger partial charge in [0.1, 0.15) is 5.69 Å². The van der Waals surface area contributed by atoms with Crippen molar-refractivity contribution in [2.75, 3.05) is 24.5 Å². The van der Waals surface area contributed by atoms with E-state index in [1.165, 1.54) is 12.8 Å². The summed E-state index contributed by atoms with van der Waals surface area (Å²) < 4.78 is 0. The average Bonchev–Trinajstić information content (AvgIpc) is 2.94. The van der Waals surface area contributed by atoms with Gasteiger partial charge in [-0.2, -0.15) is 0 Å². The molecule has 1 aromatic rings. The Morgan fingerprint density at radius 3 is 3.20 bits per heavy atom. The molecule has 1 unspecified atom stereocenters. The number of pyridine rings is 1. The van der Waals surface area contributed by atoms with Crippen molar-refractivity contribution in [2.24, 2.45) is 5.73 Å². The van der Waals surface area contributed by atoms with Gasteiger partial charge < -0.3 is 16.0 Å². The lowest BCUT2D eigenvalue weighted by Crippen LogP contribution is -2.30. The Hall–Kier alpha value is -1.62. The summed E-state index contributed by atoms with van der Waals surface area (Å²) in [5, 5.41) is 2.79. The van der Waals surface area contributed by atoms with Crippen LogP contribution >= 0.6 is 0 Å². The highest BCUT2D eigenvalue weighted by Crippen LogP contribution is 2.28. The van der Waals surface area contributed by atoms with Crippen LogP contribution in [0.25, 0.3) is 0 Å². The first-order chi connectivity index (χ1) is 9.76. The van der Waals surface area contributed by atoms with Crippen LogP contribution in [0.3, 0.4) is 0 Å². The third kappa shape index (κ3) is 3.48. The minimum atomic E-state index is -0.105. The van der Waals surface area contributed by atoms with Gasteiger partial charge in [0.15, 0.2) is 0 Å². The molecule has 2 heterocycles. The van der Waals surface area contributed by atoms with Gasteiger partial charge in [-0.1, -0.05) is 0 Å². The zero-order valence-corrected chi connectivity index (χ0v) is 12.1. The maximum atomic E-state index is 11.9. The molecule has 3 N–H and O–H groups in total. The van der Waals surface area contributed by atoms with Gasteiger partial charge in [0, 0.05) is 31.0 Å². The van der Waals surface area contributed by atoms with E-state index >= 15 is 0 Å². The van der Waals surface area contributed by atoms with E-state index in [9.17, 15) is 4.79 Å². The minimum Gasteiger partial charge on any atom is -0.368 e. The number of anilines is 1. The van der Waals surface area contributed by atoms with Crippen molar-refractivity contribution < 1.29 is 4.79 Å². The van der Waals surface area contributed by atoms with E-state index in [1.807, 2.05) is 19.1 Å². The van der Waals surface area contributed by atoms with Crippen LogP contribution in [0.15, 0.2) is 18.3 Å². The fourth-order valence-electron chi connectivity index (χ4n) is 2.80. The highest BCUT2D eigenvalue weighted by atomic mass is 16.1. The highest BCUT2D eigenvalue weighted by molar-refractivity contribution is 5.93. The molecule has 0 radical (unpaired) electrons. The van der Waals surface area contributed by atoms with Gasteiger partial charge in [0.05, 0.1) is 0 Å². The summed E-state index contributed by atoms with van der Waals surface area (Å²) >= 11 is 0. The van der Waals surface area contributed by atoms with E-state index in [4.69, 9.17) is 5.73 Å². The second kappa shape index (κ2) is 7.24. The molecule has 5 nitrogen and oxygen atoms in total. The third-order valence-corrected chi connectivity index (χ3v) is 3.76. The summed E-state index contributed by atoms with van der Waals surface area (Å²) in [4.78, 5) is 18.4. The van der Waals surface area contributed by atoms with Crippen molar-refractivity contribution in [1.29, 1.82) is 0 Å². The minimum absolute atomic E-state index is 0.105. The zero-order chi connectivity index (χ0) is 14.4. The van der Waals surface area contributed by atoms with Crippen LogP contribution in [0.2, 0.25) is 0 Å². The molecule has 1 aliphatic heterocycles. The number of carbonyl (C=O) groups is 1. The molecular weight excluding hydrogens is 252 g/mol. The topological polar surface area (TPSA) is 71.2 Å². The zero-order valence-electron chi connectivity index (χ0n) is 12.1. The lowest BCUT2D eigenvalue weighted by atomic mass is 10.1. The summed E-state index contributed by atoms with van der Waals surface area (Å²) in [5.41, 5.74) is 7.20. The van der Waals surface area contributed by atoms with Gasteiger partial charge in [-0.25, -0.2) is 0 Å². The number of amides is 1. The van der Waals surface area contributed by atoms with Crippen LogP contribution in [-0.2, 0) is 0 Å². The standard InChI is InChI=1S/C15H24N4O/c1-2-17-15(20)14-11-13(7-9-18-14)19-10-4-6-12(19)5-3-8-16/h7,9,11-12H,2-6,8,10,16H2,1H3,(H,17,20). The van der Waals surface area contributed by atoms with Gasteiger partial charge in [-0.3, -0.25) is 9.78 Å². The molecule has 1 saturated heterocycles. The fraction of sp³-hybridized carbons (Fsp3) is 0.600. The van der Waals surface area contributed by atoms with Crippen molar-refractivity contribution in [2.45, 2.75) is 38.6 Å². The number of hydrogen-bond donors (Lipinski definition) is 2. The van der Waals surface area contributed by atoms with E-state index < -0.39 is 0 Å². The first-order valence-corrected chi connectivity index (χ1v) is 7.47. The van der Waals surface area contributed by atoms with Crippen molar-refractivity contribution in [3.05, 3.63) is 24.0 Å². The van der Waals surface area contributed by atoms with E-state index in [0.717, 1.165) is 31.6 Å². The number of hydrogen-bond acceptors (Lipinski definition) is 4. The molecule has 0 spiro atoms. The van der Waals surface area contributed by atoms with Crippen LogP contribution in [-0.4, -0.2) is 36.6 Å². The second-order valence-corrected chi connectivity index (χ2v) is 5.18. The smallest absolute Gasteiger partial charge is 0.269 e. The van der Waals surface area contributed by atoms with Crippen molar-refractivity contribution in [1.82, 2.24) is 10.3 Å². The molecular formula is C15H24N4O. The predicted octanol–water partition coefficient (Wildman–Crippen LogP) is 1.54. The predicted molar refractivity (Wildman–Crippen MR) is 80.9 cm³/mol. The Bertz CT molecular complexity index is 449. The molecule has 0 bridgehead atoms. The quantitative estimate of drug-likeness (QED) is 0.827. The molecule has 20 heavy (non-hydrogen) atoms. The van der Waals surface area contributed by atoms with Crippen LogP contribution in [0, 0.1) is 0 Å². The summed E-state index contributed by atoms with van der Waals surface area (Å²) in [6.07, 6.45) is 6.30. The lowest BCUT2D eigenvalue weighted by molar-refractivity contribution is 0.0951. The van der Waals surface area contributed by atoms with Crippen molar-refractivity contribution in [3.8, 4) is 0 Å². The molecule has 0 aromatic carbocycles. The number of rotatable bonds is 6. The molecule has 0 aliphatic carbocycles. The van der Waals surface area contributed by atoms with Gasteiger partial charge in [0.2, 0.25) is 0 Å². The third-order valence-electron chi connectivity index (χ3n) is 3.76. The molecule has 1 fully saturated rings. The fourth-order valence-corrected chi connectivity index (χ4v) is 2.80. The molecule has 0 saturated carbocycles. The number of nitrogens with two attached hydrogens (primary N) is 1. The normalized spacial score (nSPS) is 18.3. The Morgan fingerprint density at radius 1 is 1.60 bits per heavy atom. The van der Waals surface area contributed by atoms with Gasteiger partial charge in [-0.15, -0.1) is 0 Å². The highest BCUT2D eigenvalue weighted by Gasteiger charge is 2.24. The lowest BCUT2D eigenvalue weighted by Gasteiger charge is -2.27.